The summed E-state index contributed by atoms with van der Waals surface area (Å²) in [5, 5.41) is 4.12. The van der Waals surface area contributed by atoms with Gasteiger partial charge >= 0.3 is 0 Å². The lowest BCUT2D eigenvalue weighted by Gasteiger charge is -2.31. The highest BCUT2D eigenvalue weighted by atomic mass is 16.5. The predicted molar refractivity (Wildman–Crippen MR) is 155 cm³/mol. The fourth-order valence-corrected chi connectivity index (χ4v) is 5.83. The van der Waals surface area contributed by atoms with E-state index in [1.807, 2.05) is 30.3 Å². The van der Waals surface area contributed by atoms with Crippen molar-refractivity contribution in [2.45, 2.75) is 44.4 Å². The van der Waals surface area contributed by atoms with Crippen LogP contribution in [0.25, 0.3) is 22.2 Å². The first-order valence-corrected chi connectivity index (χ1v) is 14.1. The van der Waals surface area contributed by atoms with Crippen molar-refractivity contribution < 1.29 is 14.3 Å². The van der Waals surface area contributed by atoms with Crippen molar-refractivity contribution in [2.24, 2.45) is 0 Å². The molecule has 1 saturated heterocycles. The number of morpholine rings is 1. The molecule has 3 heterocycles. The molecule has 0 atom stereocenters. The number of aromatic nitrogens is 3. The number of hydrogen-bond donors (Lipinski definition) is 2. The van der Waals surface area contributed by atoms with Crippen molar-refractivity contribution in [1.82, 2.24) is 24.8 Å². The van der Waals surface area contributed by atoms with Crippen LogP contribution in [0.3, 0.4) is 0 Å². The number of rotatable bonds is 8. The summed E-state index contributed by atoms with van der Waals surface area (Å²) in [4.78, 5) is 23.7. The highest BCUT2D eigenvalue weighted by molar-refractivity contribution is 6.00. The zero-order valence-corrected chi connectivity index (χ0v) is 22.7. The van der Waals surface area contributed by atoms with Gasteiger partial charge in [0.1, 0.15) is 30.1 Å². The standard InChI is InChI=1S/C31H36N6O3/c32-30-29-27(23-7-4-8-26(17-23)40-20-22-5-2-1-3-6-22)18-37(31(29)34-21-33-30)25-11-9-24(10-12-25)35-28(38)19-36-13-15-39-16-14-36/h1-8,17-18,21,24-25H,9-16,19-20H2,(H,35,38)(H2,32,33,34). The molecule has 1 aliphatic carbocycles. The minimum atomic E-state index is 0.105. The summed E-state index contributed by atoms with van der Waals surface area (Å²) in [6.45, 7) is 3.98. The molecule has 4 aromatic rings. The van der Waals surface area contributed by atoms with Crippen molar-refractivity contribution in [2.75, 3.05) is 38.6 Å². The maximum atomic E-state index is 12.6. The van der Waals surface area contributed by atoms with Gasteiger partial charge in [-0.2, -0.15) is 0 Å². The predicted octanol–water partition coefficient (Wildman–Crippen LogP) is 4.19. The number of hydrogen-bond acceptors (Lipinski definition) is 7. The van der Waals surface area contributed by atoms with Crippen LogP contribution in [0.2, 0.25) is 0 Å². The van der Waals surface area contributed by atoms with Gasteiger partial charge in [0.05, 0.1) is 25.1 Å². The molecule has 9 nitrogen and oxygen atoms in total. The lowest BCUT2D eigenvalue weighted by atomic mass is 9.91. The second-order valence-corrected chi connectivity index (χ2v) is 10.7. The third-order valence-electron chi connectivity index (χ3n) is 7.96. The van der Waals surface area contributed by atoms with E-state index in [1.165, 1.54) is 6.33 Å². The van der Waals surface area contributed by atoms with Gasteiger partial charge in [0, 0.05) is 36.9 Å². The Morgan fingerprint density at radius 3 is 2.62 bits per heavy atom. The summed E-state index contributed by atoms with van der Waals surface area (Å²) < 4.78 is 13.7. The summed E-state index contributed by atoms with van der Waals surface area (Å²) >= 11 is 0. The topological polar surface area (TPSA) is 108 Å². The normalized spacial score (nSPS) is 19.9. The third-order valence-corrected chi connectivity index (χ3v) is 7.96. The van der Waals surface area contributed by atoms with Crippen molar-refractivity contribution in [1.29, 1.82) is 0 Å². The summed E-state index contributed by atoms with van der Waals surface area (Å²) in [6, 6.07) is 18.7. The van der Waals surface area contributed by atoms with Gasteiger partial charge in [0.15, 0.2) is 0 Å². The fraction of sp³-hybridized carbons (Fsp3) is 0.387. The first kappa shape index (κ1) is 26.3. The Hall–Kier alpha value is -3.95. The summed E-state index contributed by atoms with van der Waals surface area (Å²) in [6.07, 6.45) is 7.46. The first-order chi connectivity index (χ1) is 19.6. The quantitative estimate of drug-likeness (QED) is 0.345. The number of nitrogen functional groups attached to an aromatic ring is 1. The highest BCUT2D eigenvalue weighted by Gasteiger charge is 2.27. The molecule has 0 bridgehead atoms. The van der Waals surface area contributed by atoms with Crippen molar-refractivity contribution in [3.63, 3.8) is 0 Å². The molecule has 9 heteroatoms. The Balaban J connectivity index is 1.16. The van der Waals surface area contributed by atoms with Crippen LogP contribution in [0.5, 0.6) is 5.75 Å². The lowest BCUT2D eigenvalue weighted by molar-refractivity contribution is -0.124. The zero-order valence-electron chi connectivity index (χ0n) is 22.7. The number of carbonyl (C=O) groups is 1. The Morgan fingerprint density at radius 2 is 1.82 bits per heavy atom. The monoisotopic (exact) mass is 540 g/mol. The molecular weight excluding hydrogens is 504 g/mol. The van der Waals surface area contributed by atoms with Crippen LogP contribution in [0.4, 0.5) is 5.82 Å². The number of anilines is 1. The SMILES string of the molecule is Nc1ncnc2c1c(-c1cccc(OCc3ccccc3)c1)cn2C1CCC(NC(=O)CN2CCOCC2)CC1. The van der Waals surface area contributed by atoms with Gasteiger partial charge in [0.2, 0.25) is 5.91 Å². The van der Waals surface area contributed by atoms with Gasteiger partial charge in [-0.25, -0.2) is 9.97 Å². The third kappa shape index (κ3) is 5.95. The van der Waals surface area contributed by atoms with Gasteiger partial charge in [-0.3, -0.25) is 9.69 Å². The van der Waals surface area contributed by atoms with E-state index in [0.717, 1.165) is 72.2 Å². The van der Waals surface area contributed by atoms with E-state index < -0.39 is 0 Å². The fourth-order valence-electron chi connectivity index (χ4n) is 5.83. The Bertz CT molecular complexity index is 1440. The van der Waals surface area contributed by atoms with E-state index in [2.05, 4.69) is 55.2 Å². The smallest absolute Gasteiger partial charge is 0.234 e. The first-order valence-electron chi connectivity index (χ1n) is 14.1. The number of nitrogens with one attached hydrogen (secondary N) is 1. The zero-order chi connectivity index (χ0) is 27.3. The minimum absolute atomic E-state index is 0.105. The molecule has 1 saturated carbocycles. The summed E-state index contributed by atoms with van der Waals surface area (Å²) in [5.74, 6) is 1.37. The Labute approximate surface area is 234 Å². The molecule has 2 fully saturated rings. The van der Waals surface area contributed by atoms with Crippen molar-refractivity contribution in [3.8, 4) is 16.9 Å². The van der Waals surface area contributed by atoms with Crippen LogP contribution >= 0.6 is 0 Å². The molecular formula is C31H36N6O3. The van der Waals surface area contributed by atoms with Gasteiger partial charge in [-0.1, -0.05) is 42.5 Å². The van der Waals surface area contributed by atoms with E-state index >= 15 is 0 Å². The molecule has 0 spiro atoms. The molecule has 0 unspecified atom stereocenters. The van der Waals surface area contributed by atoms with Crippen LogP contribution in [-0.2, 0) is 16.1 Å². The minimum Gasteiger partial charge on any atom is -0.489 e. The number of benzene rings is 2. The molecule has 3 N–H and O–H groups in total. The van der Waals surface area contributed by atoms with E-state index in [-0.39, 0.29) is 18.0 Å². The van der Waals surface area contributed by atoms with Crippen LogP contribution in [0.15, 0.2) is 67.1 Å². The van der Waals surface area contributed by atoms with Crippen LogP contribution in [0.1, 0.15) is 37.3 Å². The molecule has 2 aromatic heterocycles. The molecule has 1 amide bonds. The molecule has 0 radical (unpaired) electrons. The lowest BCUT2D eigenvalue weighted by Crippen LogP contribution is -2.46. The van der Waals surface area contributed by atoms with E-state index in [1.54, 1.807) is 0 Å². The second kappa shape index (κ2) is 12.1. The number of nitrogens with two attached hydrogens (primary N) is 1. The molecule has 40 heavy (non-hydrogen) atoms. The number of amides is 1. The van der Waals surface area contributed by atoms with E-state index in [4.69, 9.17) is 15.2 Å². The average Bonchev–Trinajstić information content (AvgIpc) is 3.39. The van der Waals surface area contributed by atoms with E-state index in [0.29, 0.717) is 32.2 Å². The molecule has 1 aliphatic heterocycles. The van der Waals surface area contributed by atoms with Gasteiger partial charge < -0.3 is 25.1 Å². The molecule has 6 rings (SSSR count). The Kier molecular flexibility index (Phi) is 7.92. The number of ether oxygens (including phenoxy) is 2. The molecule has 2 aromatic carbocycles. The summed E-state index contributed by atoms with van der Waals surface area (Å²) in [7, 11) is 0. The van der Waals surface area contributed by atoms with E-state index in [9.17, 15) is 4.79 Å². The summed E-state index contributed by atoms with van der Waals surface area (Å²) in [5.41, 5.74) is 10.4. The van der Waals surface area contributed by atoms with Gasteiger partial charge in [-0.15, -0.1) is 0 Å². The molecule has 2 aliphatic rings. The van der Waals surface area contributed by atoms with Crippen LogP contribution in [0, 0.1) is 0 Å². The van der Waals surface area contributed by atoms with Crippen molar-refractivity contribution >= 4 is 22.8 Å². The van der Waals surface area contributed by atoms with Crippen molar-refractivity contribution in [3.05, 3.63) is 72.7 Å². The van der Waals surface area contributed by atoms with Gasteiger partial charge in [-0.05, 0) is 48.9 Å². The van der Waals surface area contributed by atoms with Crippen LogP contribution in [-0.4, -0.2) is 64.2 Å². The molecule has 208 valence electrons. The largest absolute Gasteiger partial charge is 0.489 e. The number of fused-ring (bicyclic) bond motifs is 1. The number of carbonyl (C=O) groups excluding carboxylic acids is 1. The average molecular weight is 541 g/mol. The Morgan fingerprint density at radius 1 is 1.02 bits per heavy atom. The van der Waals surface area contributed by atoms with Gasteiger partial charge in [0.25, 0.3) is 0 Å². The highest BCUT2D eigenvalue weighted by Crippen LogP contribution is 2.39. The maximum absolute atomic E-state index is 12.6. The van der Waals surface area contributed by atoms with Crippen LogP contribution < -0.4 is 15.8 Å². The second-order valence-electron chi connectivity index (χ2n) is 10.7. The maximum Gasteiger partial charge on any atom is 0.234 e. The number of nitrogens with zero attached hydrogens (tertiary/aromatic N) is 4.